The number of amides is 5. The second kappa shape index (κ2) is 37.4. The van der Waals surface area contributed by atoms with E-state index in [1.54, 1.807) is 0 Å². The molecule has 1 aliphatic rings. The zero-order chi connectivity index (χ0) is 45.7. The lowest BCUT2D eigenvalue weighted by molar-refractivity contribution is -0.143. The molecule has 0 heterocycles. The molecule has 0 aromatic rings. The summed E-state index contributed by atoms with van der Waals surface area (Å²) in [6.07, 6.45) is 0.862. The lowest BCUT2D eigenvalue weighted by Crippen LogP contribution is -2.54. The molecule has 0 aliphatic heterocycles. The van der Waals surface area contributed by atoms with Gasteiger partial charge in [0.15, 0.2) is 0 Å². The minimum absolute atomic E-state index is 0.0871. The Bertz CT molecular complexity index is 1240. The van der Waals surface area contributed by atoms with Gasteiger partial charge in [0.1, 0.15) is 19.1 Å². The summed E-state index contributed by atoms with van der Waals surface area (Å²) in [7, 11) is -1.95. The van der Waals surface area contributed by atoms with Crippen LogP contribution < -0.4 is 39.0 Å². The van der Waals surface area contributed by atoms with Crippen LogP contribution >= 0.6 is 7.60 Å². The van der Waals surface area contributed by atoms with E-state index in [2.05, 4.69) is 35.8 Å². The summed E-state index contributed by atoms with van der Waals surface area (Å²) >= 11 is 0. The molecule has 62 heavy (non-hydrogen) atoms. The van der Waals surface area contributed by atoms with E-state index in [4.69, 9.17) is 55.2 Å². The van der Waals surface area contributed by atoms with Crippen molar-refractivity contribution in [3.8, 4) is 0 Å². The number of carbonyl (C=O) groups is 5. The first-order chi connectivity index (χ1) is 30.0. The highest BCUT2D eigenvalue weighted by Crippen LogP contribution is 2.46. The van der Waals surface area contributed by atoms with Gasteiger partial charge in [-0.3, -0.25) is 28.5 Å². The summed E-state index contributed by atoms with van der Waals surface area (Å²) in [5.74, 6) is 11.5. The van der Waals surface area contributed by atoms with Crippen LogP contribution in [0, 0.1) is 5.92 Å². The van der Waals surface area contributed by atoms with Crippen molar-refractivity contribution in [3.63, 3.8) is 0 Å². The van der Waals surface area contributed by atoms with Crippen molar-refractivity contribution in [3.05, 3.63) is 0 Å². The molecular weight excluding hydrogens is 847 g/mol. The molecular formula is C36H71N8O17P. The molecule has 25 nitrogen and oxygen atoms in total. The molecule has 5 amide bonds. The number of nitrogens with two attached hydrogens (primary N) is 3. The normalized spacial score (nSPS) is 16.5. The maximum absolute atomic E-state index is 14.3. The zero-order valence-corrected chi connectivity index (χ0v) is 37.1. The Morgan fingerprint density at radius 2 is 0.984 bits per heavy atom. The molecule has 0 aromatic carbocycles. The van der Waals surface area contributed by atoms with Gasteiger partial charge < -0.3 is 78.1 Å². The van der Waals surface area contributed by atoms with Gasteiger partial charge in [-0.15, -0.1) is 0 Å². The number of ether oxygens (including phenoxy) is 6. The summed E-state index contributed by atoms with van der Waals surface area (Å²) in [4.78, 5) is 81.4. The number of nitrogens with one attached hydrogen (secondary N) is 4. The standard InChI is InChI=1S/C36H71N8O17P/c1-51-62(2,50)61-30-5-3-29(4-6-30)35(48)43-31(7-8-32(45)40-9-12-52-15-18-55-21-24-58-37)36(49)44(27-33(46)41-10-13-53-16-19-56-22-25-59-38)28-34(47)42-11-14-54-17-20-57-23-26-60-39/h29-31H,3-28,37-39H2,1-2H3,(H,40,45)(H,41,46)(H,42,47)(H,43,48). The number of hydrogen-bond donors (Lipinski definition) is 7. The Balaban J connectivity index is 3.00. The zero-order valence-electron chi connectivity index (χ0n) is 36.2. The fraction of sp³-hybridized carbons (Fsp3) is 0.861. The van der Waals surface area contributed by atoms with E-state index in [0.29, 0.717) is 52.1 Å². The molecule has 362 valence electrons. The van der Waals surface area contributed by atoms with Gasteiger partial charge in [0.25, 0.3) is 0 Å². The van der Waals surface area contributed by atoms with Crippen molar-refractivity contribution in [2.75, 3.05) is 146 Å². The van der Waals surface area contributed by atoms with Crippen LogP contribution in [0.1, 0.15) is 38.5 Å². The summed E-state index contributed by atoms with van der Waals surface area (Å²) in [5, 5.41) is 10.8. The molecule has 1 fully saturated rings. The van der Waals surface area contributed by atoms with Crippen LogP contribution in [-0.4, -0.2) is 192 Å². The van der Waals surface area contributed by atoms with E-state index in [1.807, 2.05) is 0 Å². The summed E-state index contributed by atoms with van der Waals surface area (Å²) in [6.45, 7) is 4.30. The van der Waals surface area contributed by atoms with Gasteiger partial charge in [-0.25, -0.2) is 17.7 Å². The molecule has 26 heteroatoms. The van der Waals surface area contributed by atoms with Crippen LogP contribution in [0.5, 0.6) is 0 Å². The van der Waals surface area contributed by atoms with Gasteiger partial charge >= 0.3 is 7.60 Å². The van der Waals surface area contributed by atoms with Gasteiger partial charge in [0.05, 0.1) is 105 Å². The predicted molar refractivity (Wildman–Crippen MR) is 219 cm³/mol. The third kappa shape index (κ3) is 30.2. The van der Waals surface area contributed by atoms with Crippen molar-refractivity contribution >= 4 is 37.1 Å². The lowest BCUT2D eigenvalue weighted by Gasteiger charge is -2.31. The SMILES string of the molecule is COP(C)(=O)OC1CCC(C(=O)NC(CCC(=O)NCCOCCOCCON)C(=O)N(CC(=O)NCCOCCOCCON)CC(=O)NCCOCCOCCON)CC1. The highest BCUT2D eigenvalue weighted by Gasteiger charge is 2.34. The van der Waals surface area contributed by atoms with E-state index >= 15 is 0 Å². The summed E-state index contributed by atoms with van der Waals surface area (Å²) in [6, 6.07) is -1.29. The molecule has 2 unspecified atom stereocenters. The second-order valence-electron chi connectivity index (χ2n) is 13.7. The van der Waals surface area contributed by atoms with Crippen LogP contribution in [0.2, 0.25) is 0 Å². The molecule has 2 atom stereocenters. The molecule has 1 rings (SSSR count). The van der Waals surface area contributed by atoms with Gasteiger partial charge in [-0.2, -0.15) is 0 Å². The summed E-state index contributed by atoms with van der Waals surface area (Å²) < 4.78 is 55.1. The first-order valence-corrected chi connectivity index (χ1v) is 22.6. The largest absolute Gasteiger partial charge is 0.377 e. The maximum atomic E-state index is 14.3. The van der Waals surface area contributed by atoms with Crippen LogP contribution in [0.3, 0.4) is 0 Å². The van der Waals surface area contributed by atoms with E-state index in [1.165, 1.54) is 13.8 Å². The molecule has 1 aliphatic carbocycles. The van der Waals surface area contributed by atoms with Crippen molar-refractivity contribution in [2.45, 2.75) is 50.7 Å². The first kappa shape index (κ1) is 57.0. The fourth-order valence-electron chi connectivity index (χ4n) is 5.62. The van der Waals surface area contributed by atoms with E-state index in [-0.39, 0.29) is 111 Å². The van der Waals surface area contributed by atoms with Gasteiger partial charge in [-0.1, -0.05) is 0 Å². The fourth-order valence-corrected chi connectivity index (χ4v) is 6.46. The average molecular weight is 919 g/mol. The number of hydrogen-bond acceptors (Lipinski definition) is 20. The summed E-state index contributed by atoms with van der Waals surface area (Å²) in [5.41, 5.74) is 0. The van der Waals surface area contributed by atoms with Crippen LogP contribution in [0.15, 0.2) is 0 Å². The Morgan fingerprint density at radius 3 is 1.39 bits per heavy atom. The molecule has 10 N–H and O–H groups in total. The molecule has 0 saturated heterocycles. The quantitative estimate of drug-likeness (QED) is 0.0186. The average Bonchev–Trinajstić information content (AvgIpc) is 3.25. The Morgan fingerprint density at radius 1 is 0.597 bits per heavy atom. The van der Waals surface area contributed by atoms with E-state index in [0.717, 1.165) is 4.90 Å². The molecule has 1 saturated carbocycles. The van der Waals surface area contributed by atoms with Gasteiger partial charge in [0, 0.05) is 45.7 Å². The third-order valence-electron chi connectivity index (χ3n) is 8.83. The van der Waals surface area contributed by atoms with Crippen LogP contribution in [-0.2, 0) is 80.5 Å². The molecule has 0 aromatic heterocycles. The maximum Gasteiger partial charge on any atom is 0.327 e. The molecule has 0 spiro atoms. The molecule has 0 bridgehead atoms. The Kier molecular flexibility index (Phi) is 34.4. The van der Waals surface area contributed by atoms with Crippen molar-refractivity contribution < 1.29 is 80.5 Å². The smallest absolute Gasteiger partial charge is 0.327 e. The highest BCUT2D eigenvalue weighted by molar-refractivity contribution is 7.52. The van der Waals surface area contributed by atoms with Crippen molar-refractivity contribution in [1.29, 1.82) is 0 Å². The highest BCUT2D eigenvalue weighted by atomic mass is 31.2. The second-order valence-corrected chi connectivity index (χ2v) is 15.8. The monoisotopic (exact) mass is 918 g/mol. The number of nitrogens with zero attached hydrogens (tertiary/aromatic N) is 1. The third-order valence-corrected chi connectivity index (χ3v) is 10.2. The van der Waals surface area contributed by atoms with Gasteiger partial charge in [-0.05, 0) is 32.1 Å². The van der Waals surface area contributed by atoms with Crippen molar-refractivity contribution in [1.82, 2.24) is 26.2 Å². The number of rotatable bonds is 40. The predicted octanol–water partition coefficient (Wildman–Crippen LogP) is -2.76. The molecule has 0 radical (unpaired) electrons. The van der Waals surface area contributed by atoms with E-state index < -0.39 is 62.2 Å². The van der Waals surface area contributed by atoms with Gasteiger partial charge in [0.2, 0.25) is 29.5 Å². The topological polar surface area (TPSA) is 333 Å². The van der Waals surface area contributed by atoms with E-state index in [9.17, 15) is 28.5 Å². The minimum Gasteiger partial charge on any atom is -0.377 e. The minimum atomic E-state index is -3.24. The van der Waals surface area contributed by atoms with Crippen LogP contribution in [0.4, 0.5) is 0 Å². The Hall–Kier alpha value is -2.98. The van der Waals surface area contributed by atoms with Crippen LogP contribution in [0.25, 0.3) is 0 Å². The first-order valence-electron chi connectivity index (χ1n) is 20.6. The number of carbonyl (C=O) groups excluding carboxylic acids is 5. The Labute approximate surface area is 363 Å². The van der Waals surface area contributed by atoms with Crippen molar-refractivity contribution in [2.24, 2.45) is 23.6 Å². The lowest BCUT2D eigenvalue weighted by atomic mass is 9.86.